The highest BCUT2D eigenvalue weighted by Crippen LogP contribution is 2.18. The van der Waals surface area contributed by atoms with E-state index in [4.69, 9.17) is 9.47 Å². The summed E-state index contributed by atoms with van der Waals surface area (Å²) < 4.78 is 12.4. The molecule has 0 saturated carbocycles. The van der Waals surface area contributed by atoms with Crippen LogP contribution in [0.3, 0.4) is 0 Å². The summed E-state index contributed by atoms with van der Waals surface area (Å²) in [6.45, 7) is 4.29. The number of ether oxygens (including phenoxy) is 2. The molecule has 114 valence electrons. The number of benzene rings is 1. The maximum absolute atomic E-state index is 5.56. The molecule has 0 atom stereocenters. The molecule has 0 aliphatic heterocycles. The van der Waals surface area contributed by atoms with Gasteiger partial charge in [-0.3, -0.25) is 0 Å². The Morgan fingerprint density at radius 3 is 2.67 bits per heavy atom. The molecule has 2 rings (SSSR count). The van der Waals surface area contributed by atoms with Crippen molar-refractivity contribution in [3.8, 4) is 11.4 Å². The van der Waals surface area contributed by atoms with E-state index in [0.717, 1.165) is 30.2 Å². The Kier molecular flexibility index (Phi) is 6.09. The number of hydrogen-bond acceptors (Lipinski definition) is 4. The van der Waals surface area contributed by atoms with Crippen molar-refractivity contribution in [2.75, 3.05) is 32.2 Å². The van der Waals surface area contributed by atoms with Gasteiger partial charge in [-0.15, -0.1) is 0 Å². The van der Waals surface area contributed by atoms with Crippen LogP contribution in [-0.4, -0.2) is 36.6 Å². The Bertz CT molecular complexity index is 523. The lowest BCUT2D eigenvalue weighted by Crippen LogP contribution is -2.08. The van der Waals surface area contributed by atoms with Crippen molar-refractivity contribution in [3.63, 3.8) is 0 Å². The molecule has 2 aromatic rings. The van der Waals surface area contributed by atoms with Gasteiger partial charge < -0.3 is 14.8 Å². The highest BCUT2D eigenvalue weighted by atomic mass is 16.5. The predicted molar refractivity (Wildman–Crippen MR) is 84.3 cm³/mol. The predicted octanol–water partition coefficient (Wildman–Crippen LogP) is 3.11. The van der Waals surface area contributed by atoms with Crippen molar-refractivity contribution in [2.24, 2.45) is 0 Å². The Labute approximate surface area is 125 Å². The smallest absolute Gasteiger partial charge is 0.129 e. The highest BCUT2D eigenvalue weighted by Gasteiger charge is 2.04. The minimum absolute atomic E-state index is 0.557. The van der Waals surface area contributed by atoms with Crippen molar-refractivity contribution in [1.82, 2.24) is 9.78 Å². The third kappa shape index (κ3) is 4.49. The lowest BCUT2D eigenvalue weighted by Gasteiger charge is -2.10. The van der Waals surface area contributed by atoms with Gasteiger partial charge in [-0.05, 0) is 30.7 Å². The van der Waals surface area contributed by atoms with Crippen molar-refractivity contribution < 1.29 is 9.47 Å². The number of nitrogens with zero attached hydrogens (tertiary/aromatic N) is 2. The van der Waals surface area contributed by atoms with Gasteiger partial charge in [0.2, 0.25) is 0 Å². The summed E-state index contributed by atoms with van der Waals surface area (Å²) in [5.74, 6) is 1.85. The maximum atomic E-state index is 5.56. The van der Waals surface area contributed by atoms with E-state index in [0.29, 0.717) is 13.2 Å². The van der Waals surface area contributed by atoms with E-state index < -0.39 is 0 Å². The van der Waals surface area contributed by atoms with E-state index in [-0.39, 0.29) is 0 Å². The van der Waals surface area contributed by atoms with Crippen LogP contribution >= 0.6 is 0 Å². The summed E-state index contributed by atoms with van der Waals surface area (Å²) in [5, 5.41) is 7.77. The minimum atomic E-state index is 0.557. The summed E-state index contributed by atoms with van der Waals surface area (Å²) in [5.41, 5.74) is 1.01. The van der Waals surface area contributed by atoms with Gasteiger partial charge in [0.25, 0.3) is 0 Å². The summed E-state index contributed by atoms with van der Waals surface area (Å²) in [7, 11) is 1.66. The maximum Gasteiger partial charge on any atom is 0.129 e. The zero-order valence-electron chi connectivity index (χ0n) is 12.7. The normalized spacial score (nSPS) is 10.6. The summed E-state index contributed by atoms with van der Waals surface area (Å²) >= 11 is 0. The Hall–Kier alpha value is -2.01. The largest absolute Gasteiger partial charge is 0.491 e. The van der Waals surface area contributed by atoms with Gasteiger partial charge in [0.15, 0.2) is 0 Å². The van der Waals surface area contributed by atoms with E-state index in [2.05, 4.69) is 17.3 Å². The highest BCUT2D eigenvalue weighted by molar-refractivity contribution is 5.46. The molecule has 0 bridgehead atoms. The van der Waals surface area contributed by atoms with Crippen LogP contribution in [0.2, 0.25) is 0 Å². The molecule has 0 radical (unpaired) electrons. The molecule has 5 nitrogen and oxygen atoms in total. The van der Waals surface area contributed by atoms with E-state index in [1.165, 1.54) is 6.42 Å². The molecule has 0 aliphatic rings. The molecule has 1 aromatic carbocycles. The first-order chi connectivity index (χ1) is 10.3. The van der Waals surface area contributed by atoms with Crippen LogP contribution in [0.25, 0.3) is 5.69 Å². The van der Waals surface area contributed by atoms with Crippen LogP contribution in [0.15, 0.2) is 36.5 Å². The summed E-state index contributed by atoms with van der Waals surface area (Å²) in [6.07, 6.45) is 4.13. The molecule has 5 heteroatoms. The van der Waals surface area contributed by atoms with Crippen LogP contribution in [0.1, 0.15) is 19.8 Å². The number of anilines is 1. The fraction of sp³-hybridized carbons (Fsp3) is 0.438. The Morgan fingerprint density at radius 1 is 1.14 bits per heavy atom. The van der Waals surface area contributed by atoms with Gasteiger partial charge in [-0.25, -0.2) is 4.68 Å². The van der Waals surface area contributed by atoms with Crippen LogP contribution in [0.4, 0.5) is 5.82 Å². The van der Waals surface area contributed by atoms with Crippen LogP contribution in [0.5, 0.6) is 5.75 Å². The Morgan fingerprint density at radius 2 is 1.95 bits per heavy atom. The summed E-state index contributed by atoms with van der Waals surface area (Å²) in [4.78, 5) is 0. The lowest BCUT2D eigenvalue weighted by molar-refractivity contribution is 0.146. The average molecular weight is 289 g/mol. The van der Waals surface area contributed by atoms with Crippen molar-refractivity contribution in [3.05, 3.63) is 36.5 Å². The molecule has 0 amide bonds. The molecule has 1 heterocycles. The van der Waals surface area contributed by atoms with Gasteiger partial charge in [-0.1, -0.05) is 13.3 Å². The van der Waals surface area contributed by atoms with Crippen LogP contribution in [-0.2, 0) is 4.74 Å². The van der Waals surface area contributed by atoms with E-state index in [1.54, 1.807) is 13.3 Å². The molecule has 21 heavy (non-hydrogen) atoms. The average Bonchev–Trinajstić information content (AvgIpc) is 2.97. The minimum Gasteiger partial charge on any atom is -0.491 e. The van der Waals surface area contributed by atoms with Gasteiger partial charge >= 0.3 is 0 Å². The number of aromatic nitrogens is 2. The third-order valence-corrected chi connectivity index (χ3v) is 3.12. The molecule has 1 aromatic heterocycles. The first-order valence-electron chi connectivity index (χ1n) is 7.35. The monoisotopic (exact) mass is 289 g/mol. The van der Waals surface area contributed by atoms with E-state index >= 15 is 0 Å². The second-order valence-corrected chi connectivity index (χ2v) is 4.74. The van der Waals surface area contributed by atoms with Crippen molar-refractivity contribution in [1.29, 1.82) is 0 Å². The van der Waals surface area contributed by atoms with Gasteiger partial charge in [-0.2, -0.15) is 5.10 Å². The number of rotatable bonds is 9. The first-order valence-corrected chi connectivity index (χ1v) is 7.35. The topological polar surface area (TPSA) is 48.3 Å². The molecule has 0 saturated heterocycles. The molecule has 0 aliphatic carbocycles. The van der Waals surface area contributed by atoms with Crippen molar-refractivity contribution in [2.45, 2.75) is 19.8 Å². The van der Waals surface area contributed by atoms with Gasteiger partial charge in [0, 0.05) is 19.7 Å². The van der Waals surface area contributed by atoms with Crippen LogP contribution in [0, 0.1) is 0 Å². The van der Waals surface area contributed by atoms with Gasteiger partial charge in [0.05, 0.1) is 18.5 Å². The number of hydrogen-bond donors (Lipinski definition) is 1. The third-order valence-electron chi connectivity index (χ3n) is 3.12. The van der Waals surface area contributed by atoms with Crippen LogP contribution < -0.4 is 10.1 Å². The van der Waals surface area contributed by atoms with Crippen molar-refractivity contribution >= 4 is 5.82 Å². The van der Waals surface area contributed by atoms with E-state index in [9.17, 15) is 0 Å². The standard InChI is InChI=1S/C16H23N3O2/c1-3-4-10-17-16-9-11-18-19(16)14-5-7-15(8-6-14)21-13-12-20-2/h5-9,11,17H,3-4,10,12-13H2,1-2H3. The number of nitrogens with one attached hydrogen (secondary N) is 1. The zero-order valence-corrected chi connectivity index (χ0v) is 12.7. The number of unbranched alkanes of at least 4 members (excludes halogenated alkanes) is 1. The SMILES string of the molecule is CCCCNc1ccnn1-c1ccc(OCCOC)cc1. The lowest BCUT2D eigenvalue weighted by atomic mass is 10.3. The zero-order chi connectivity index (χ0) is 14.9. The van der Waals surface area contributed by atoms with E-state index in [1.807, 2.05) is 35.0 Å². The first kappa shape index (κ1) is 15.4. The quantitative estimate of drug-likeness (QED) is 0.721. The second kappa shape index (κ2) is 8.32. The fourth-order valence-corrected chi connectivity index (χ4v) is 1.96. The molecule has 0 fully saturated rings. The molecule has 1 N–H and O–H groups in total. The Balaban J connectivity index is 2.00. The molecule has 0 unspecified atom stereocenters. The number of methoxy groups -OCH3 is 1. The summed E-state index contributed by atoms with van der Waals surface area (Å²) in [6, 6.07) is 9.88. The fourth-order valence-electron chi connectivity index (χ4n) is 1.96. The molecule has 0 spiro atoms. The molecular weight excluding hydrogens is 266 g/mol. The molecular formula is C16H23N3O2. The second-order valence-electron chi connectivity index (χ2n) is 4.74. The van der Waals surface area contributed by atoms with Gasteiger partial charge in [0.1, 0.15) is 18.2 Å².